The van der Waals surface area contributed by atoms with Gasteiger partial charge in [-0.3, -0.25) is 0 Å². The van der Waals surface area contributed by atoms with Gasteiger partial charge in [-0.1, -0.05) is 13.8 Å². The van der Waals surface area contributed by atoms with Gasteiger partial charge in [-0.15, -0.1) is 0 Å². The van der Waals surface area contributed by atoms with E-state index in [0.717, 1.165) is 31.1 Å². The van der Waals surface area contributed by atoms with E-state index in [1.54, 1.807) is 0 Å². The molecule has 0 radical (unpaired) electrons. The summed E-state index contributed by atoms with van der Waals surface area (Å²) in [6.07, 6.45) is 2.56. The average molecular weight is 285 g/mol. The summed E-state index contributed by atoms with van der Waals surface area (Å²) < 4.78 is 2.49. The molecule has 1 fully saturated rings. The first-order valence-corrected chi connectivity index (χ1v) is 8.24. The summed E-state index contributed by atoms with van der Waals surface area (Å²) in [6.45, 7) is 12.3. The number of rotatable bonds is 3. The number of imidazole rings is 1. The van der Waals surface area contributed by atoms with Gasteiger partial charge in [0, 0.05) is 12.5 Å². The Morgan fingerprint density at radius 3 is 2.52 bits per heavy atom. The minimum Gasteiger partial charge on any atom is -0.327 e. The van der Waals surface area contributed by atoms with E-state index in [2.05, 4.69) is 49.7 Å². The van der Waals surface area contributed by atoms with Crippen LogP contribution in [0.25, 0.3) is 11.0 Å². The predicted molar refractivity (Wildman–Crippen MR) is 88.9 cm³/mol. The lowest BCUT2D eigenvalue weighted by Gasteiger charge is -2.24. The van der Waals surface area contributed by atoms with Crippen molar-refractivity contribution in [1.29, 1.82) is 0 Å². The molecule has 2 aromatic rings. The molecular formula is C18H27N3. The number of hydrogen-bond acceptors (Lipinski definition) is 2. The maximum Gasteiger partial charge on any atom is 0.112 e. The van der Waals surface area contributed by atoms with Crippen LogP contribution in [-0.4, -0.2) is 22.6 Å². The summed E-state index contributed by atoms with van der Waals surface area (Å²) in [4.78, 5) is 4.93. The third-order valence-electron chi connectivity index (χ3n) is 4.81. The van der Waals surface area contributed by atoms with Crippen LogP contribution in [0, 0.1) is 19.8 Å². The van der Waals surface area contributed by atoms with Crippen molar-refractivity contribution in [2.45, 2.75) is 53.0 Å². The first-order valence-electron chi connectivity index (χ1n) is 8.24. The van der Waals surface area contributed by atoms with Crippen LogP contribution in [0.5, 0.6) is 0 Å². The summed E-state index contributed by atoms with van der Waals surface area (Å²) in [7, 11) is 0. The van der Waals surface area contributed by atoms with E-state index in [4.69, 9.17) is 4.98 Å². The molecule has 3 nitrogen and oxygen atoms in total. The van der Waals surface area contributed by atoms with Gasteiger partial charge < -0.3 is 9.88 Å². The van der Waals surface area contributed by atoms with Crippen molar-refractivity contribution >= 4 is 11.0 Å². The van der Waals surface area contributed by atoms with Gasteiger partial charge in [-0.2, -0.15) is 0 Å². The molecule has 0 amide bonds. The van der Waals surface area contributed by atoms with Crippen LogP contribution in [0.1, 0.15) is 49.6 Å². The molecule has 0 aliphatic carbocycles. The first kappa shape index (κ1) is 14.6. The molecule has 0 unspecified atom stereocenters. The highest BCUT2D eigenvalue weighted by Gasteiger charge is 2.19. The molecule has 1 aliphatic heterocycles. The Morgan fingerprint density at radius 2 is 1.86 bits per heavy atom. The molecule has 114 valence electrons. The summed E-state index contributed by atoms with van der Waals surface area (Å²) in [5.41, 5.74) is 5.18. The molecule has 2 heterocycles. The summed E-state index contributed by atoms with van der Waals surface area (Å²) >= 11 is 0. The molecule has 1 saturated heterocycles. The smallest absolute Gasteiger partial charge is 0.112 e. The number of hydrogen-bond donors (Lipinski definition) is 1. The Hall–Kier alpha value is -1.35. The van der Waals surface area contributed by atoms with Gasteiger partial charge in [-0.05, 0) is 69.0 Å². The quantitative estimate of drug-likeness (QED) is 0.930. The minimum atomic E-state index is 0.472. The summed E-state index contributed by atoms with van der Waals surface area (Å²) in [5.74, 6) is 2.50. The van der Waals surface area contributed by atoms with Gasteiger partial charge in [0.25, 0.3) is 0 Å². The van der Waals surface area contributed by atoms with E-state index in [0.29, 0.717) is 5.92 Å². The van der Waals surface area contributed by atoms with Gasteiger partial charge in [0.15, 0.2) is 0 Å². The zero-order chi connectivity index (χ0) is 15.0. The molecule has 1 N–H and O–H groups in total. The van der Waals surface area contributed by atoms with Crippen molar-refractivity contribution in [1.82, 2.24) is 14.9 Å². The van der Waals surface area contributed by atoms with E-state index in [9.17, 15) is 0 Å². The lowest BCUT2D eigenvalue weighted by molar-refractivity contribution is 0.331. The van der Waals surface area contributed by atoms with Crippen LogP contribution in [0.4, 0.5) is 0 Å². The second-order valence-electron chi connectivity index (χ2n) is 6.85. The monoisotopic (exact) mass is 285 g/mol. The standard InChI is InChI=1S/C18H27N3/c1-12(2)18-20-16-9-13(3)14(4)10-17(16)21(18)11-15-5-7-19-8-6-15/h9-10,12,15,19H,5-8,11H2,1-4H3. The molecule has 3 heteroatoms. The highest BCUT2D eigenvalue weighted by Crippen LogP contribution is 2.27. The number of benzene rings is 1. The molecule has 1 aliphatic rings. The fraction of sp³-hybridized carbons (Fsp3) is 0.611. The number of fused-ring (bicyclic) bond motifs is 1. The first-order chi connectivity index (χ1) is 10.1. The van der Waals surface area contributed by atoms with Crippen LogP contribution < -0.4 is 5.32 Å². The van der Waals surface area contributed by atoms with Crippen molar-refractivity contribution in [3.63, 3.8) is 0 Å². The van der Waals surface area contributed by atoms with E-state index in [-0.39, 0.29) is 0 Å². The fourth-order valence-corrected chi connectivity index (χ4v) is 3.35. The van der Waals surface area contributed by atoms with E-state index >= 15 is 0 Å². The van der Waals surface area contributed by atoms with Crippen molar-refractivity contribution in [3.8, 4) is 0 Å². The Labute approximate surface area is 127 Å². The lowest BCUT2D eigenvalue weighted by atomic mass is 9.97. The number of nitrogens with zero attached hydrogens (tertiary/aromatic N) is 2. The fourth-order valence-electron chi connectivity index (χ4n) is 3.35. The van der Waals surface area contributed by atoms with Crippen LogP contribution in [0.3, 0.4) is 0 Å². The summed E-state index contributed by atoms with van der Waals surface area (Å²) in [5, 5.41) is 3.46. The van der Waals surface area contributed by atoms with Crippen LogP contribution in [0.2, 0.25) is 0 Å². The molecule has 1 aromatic heterocycles. The maximum absolute atomic E-state index is 4.93. The third-order valence-corrected chi connectivity index (χ3v) is 4.81. The predicted octanol–water partition coefficient (Wildman–Crippen LogP) is 3.78. The Kier molecular flexibility index (Phi) is 4.03. The van der Waals surface area contributed by atoms with Gasteiger partial charge >= 0.3 is 0 Å². The third kappa shape index (κ3) is 2.84. The molecule has 3 rings (SSSR count). The van der Waals surface area contributed by atoms with Crippen molar-refractivity contribution in [3.05, 3.63) is 29.1 Å². The van der Waals surface area contributed by atoms with Gasteiger partial charge in [-0.25, -0.2) is 4.98 Å². The zero-order valence-corrected chi connectivity index (χ0v) is 13.7. The maximum atomic E-state index is 4.93. The number of aromatic nitrogens is 2. The molecule has 1 aromatic carbocycles. The topological polar surface area (TPSA) is 29.9 Å². The van der Waals surface area contributed by atoms with Crippen LogP contribution in [0.15, 0.2) is 12.1 Å². The van der Waals surface area contributed by atoms with Crippen molar-refractivity contribution in [2.75, 3.05) is 13.1 Å². The average Bonchev–Trinajstić information content (AvgIpc) is 2.79. The second-order valence-corrected chi connectivity index (χ2v) is 6.85. The van der Waals surface area contributed by atoms with Gasteiger partial charge in [0.2, 0.25) is 0 Å². The molecular weight excluding hydrogens is 258 g/mol. The highest BCUT2D eigenvalue weighted by molar-refractivity contribution is 5.78. The molecule has 0 spiro atoms. The molecule has 0 saturated carbocycles. The Balaban J connectivity index is 2.04. The molecule has 0 atom stereocenters. The SMILES string of the molecule is Cc1cc2nc(C(C)C)n(CC3CCNCC3)c2cc1C. The molecule has 0 bridgehead atoms. The van der Waals surface area contributed by atoms with Crippen LogP contribution in [-0.2, 0) is 6.54 Å². The Bertz CT molecular complexity index is 633. The number of nitrogens with one attached hydrogen (secondary N) is 1. The van der Waals surface area contributed by atoms with Crippen molar-refractivity contribution in [2.24, 2.45) is 5.92 Å². The summed E-state index contributed by atoms with van der Waals surface area (Å²) in [6, 6.07) is 4.57. The van der Waals surface area contributed by atoms with Gasteiger partial charge in [0.1, 0.15) is 5.82 Å². The van der Waals surface area contributed by atoms with E-state index in [1.807, 2.05) is 0 Å². The molecule has 21 heavy (non-hydrogen) atoms. The second kappa shape index (κ2) is 5.80. The number of piperidine rings is 1. The minimum absolute atomic E-state index is 0.472. The normalized spacial score (nSPS) is 17.0. The Morgan fingerprint density at radius 1 is 1.19 bits per heavy atom. The lowest BCUT2D eigenvalue weighted by Crippen LogP contribution is -2.30. The van der Waals surface area contributed by atoms with E-state index < -0.39 is 0 Å². The zero-order valence-electron chi connectivity index (χ0n) is 13.7. The highest BCUT2D eigenvalue weighted by atomic mass is 15.1. The largest absolute Gasteiger partial charge is 0.327 e. The van der Waals surface area contributed by atoms with Crippen LogP contribution >= 0.6 is 0 Å². The van der Waals surface area contributed by atoms with Gasteiger partial charge in [0.05, 0.1) is 11.0 Å². The van der Waals surface area contributed by atoms with Crippen molar-refractivity contribution < 1.29 is 0 Å². The number of aryl methyl sites for hydroxylation is 2. The van der Waals surface area contributed by atoms with E-state index in [1.165, 1.54) is 35.3 Å².